The Morgan fingerprint density at radius 1 is 1.17 bits per heavy atom. The van der Waals surface area contributed by atoms with Crippen LogP contribution in [0.2, 0.25) is 0 Å². The third-order valence-electron chi connectivity index (χ3n) is 3.56. The molecule has 0 aliphatic heterocycles. The summed E-state index contributed by atoms with van der Waals surface area (Å²) < 4.78 is 13.1. The van der Waals surface area contributed by atoms with Crippen LogP contribution in [0.4, 0.5) is 4.39 Å². The molecule has 7 heteroatoms. The molecule has 0 bridgehead atoms. The first-order chi connectivity index (χ1) is 11.5. The summed E-state index contributed by atoms with van der Waals surface area (Å²) in [7, 11) is 0. The van der Waals surface area contributed by atoms with Crippen molar-refractivity contribution in [3.63, 3.8) is 0 Å². The number of aromatic amines is 1. The smallest absolute Gasteiger partial charge is 0.251 e. The maximum absolute atomic E-state index is 13.1. The van der Waals surface area contributed by atoms with Crippen molar-refractivity contribution >= 4 is 22.7 Å². The molecule has 0 aliphatic rings. The summed E-state index contributed by atoms with van der Waals surface area (Å²) in [6, 6.07) is 5.86. The van der Waals surface area contributed by atoms with E-state index < -0.39 is 5.82 Å². The predicted octanol–water partition coefficient (Wildman–Crippen LogP) is 1.24. The monoisotopic (exact) mass is 333 g/mol. The Kier molecular flexibility index (Phi) is 6.06. The first-order valence-corrected chi connectivity index (χ1v) is 7.78. The second-order valence-corrected chi connectivity index (χ2v) is 5.54. The van der Waals surface area contributed by atoms with E-state index in [1.807, 2.05) is 0 Å². The van der Waals surface area contributed by atoms with Gasteiger partial charge in [0.15, 0.2) is 0 Å². The average Bonchev–Trinajstić information content (AvgIpc) is 2.52. The molecular formula is C17H20FN3O3. The zero-order valence-electron chi connectivity index (χ0n) is 13.4. The highest BCUT2D eigenvalue weighted by atomic mass is 19.1. The summed E-state index contributed by atoms with van der Waals surface area (Å²) >= 11 is 0. The average molecular weight is 333 g/mol. The van der Waals surface area contributed by atoms with E-state index in [2.05, 4.69) is 15.6 Å². The normalized spacial score (nSPS) is 10.6. The van der Waals surface area contributed by atoms with Gasteiger partial charge in [0.25, 0.3) is 5.56 Å². The van der Waals surface area contributed by atoms with Crippen molar-refractivity contribution in [1.82, 2.24) is 15.6 Å². The lowest BCUT2D eigenvalue weighted by atomic mass is 10.1. The van der Waals surface area contributed by atoms with Crippen molar-refractivity contribution in [2.24, 2.45) is 0 Å². The number of benzene rings is 1. The first kappa shape index (κ1) is 17.7. The van der Waals surface area contributed by atoms with Gasteiger partial charge in [-0.2, -0.15) is 0 Å². The second-order valence-electron chi connectivity index (χ2n) is 5.54. The molecule has 0 fully saturated rings. The lowest BCUT2D eigenvalue weighted by Gasteiger charge is -2.06. The maximum atomic E-state index is 13.1. The zero-order chi connectivity index (χ0) is 17.5. The third-order valence-corrected chi connectivity index (χ3v) is 3.56. The van der Waals surface area contributed by atoms with Gasteiger partial charge in [-0.1, -0.05) is 0 Å². The van der Waals surface area contributed by atoms with Gasteiger partial charge >= 0.3 is 0 Å². The van der Waals surface area contributed by atoms with Gasteiger partial charge in [-0.3, -0.25) is 14.4 Å². The fraction of sp³-hybridized carbons (Fsp3) is 0.353. The van der Waals surface area contributed by atoms with Gasteiger partial charge in [0.1, 0.15) is 5.82 Å². The van der Waals surface area contributed by atoms with Crippen LogP contribution in [0.3, 0.4) is 0 Å². The van der Waals surface area contributed by atoms with Crippen LogP contribution >= 0.6 is 0 Å². The summed E-state index contributed by atoms with van der Waals surface area (Å²) in [4.78, 5) is 37.1. The zero-order valence-corrected chi connectivity index (χ0v) is 13.4. The summed E-state index contributed by atoms with van der Waals surface area (Å²) in [5.74, 6) is -0.669. The number of carbonyl (C=O) groups excluding carboxylic acids is 2. The maximum Gasteiger partial charge on any atom is 0.251 e. The molecule has 24 heavy (non-hydrogen) atoms. The number of H-pyrrole nitrogens is 1. The number of carbonyl (C=O) groups is 2. The Hall–Kier alpha value is -2.70. The van der Waals surface area contributed by atoms with Crippen LogP contribution in [-0.4, -0.2) is 29.9 Å². The van der Waals surface area contributed by atoms with Crippen LogP contribution < -0.4 is 16.2 Å². The van der Waals surface area contributed by atoms with Gasteiger partial charge in [0, 0.05) is 32.0 Å². The molecule has 0 spiro atoms. The molecule has 0 aliphatic carbocycles. The highest BCUT2D eigenvalue weighted by molar-refractivity contribution is 5.79. The van der Waals surface area contributed by atoms with E-state index in [0.717, 1.165) is 5.39 Å². The first-order valence-electron chi connectivity index (χ1n) is 7.78. The molecule has 3 N–H and O–H groups in total. The van der Waals surface area contributed by atoms with E-state index in [0.29, 0.717) is 37.0 Å². The topological polar surface area (TPSA) is 91.1 Å². The minimum Gasteiger partial charge on any atom is -0.356 e. The molecule has 0 saturated heterocycles. The van der Waals surface area contributed by atoms with Crippen molar-refractivity contribution < 1.29 is 14.0 Å². The quantitative estimate of drug-likeness (QED) is 0.666. The van der Waals surface area contributed by atoms with E-state index in [1.165, 1.54) is 19.1 Å². The molecule has 0 saturated carbocycles. The number of aromatic nitrogens is 1. The molecule has 0 atom stereocenters. The Morgan fingerprint density at radius 2 is 1.92 bits per heavy atom. The molecule has 1 aromatic carbocycles. The standard InChI is InChI=1S/C17H20FN3O3/c1-11(22)19-7-2-8-20-16(23)6-4-13-9-12-3-5-14(18)10-15(12)21-17(13)24/h3,5,9-10H,2,4,6-8H2,1H3,(H,19,22)(H,20,23)(H,21,24). The van der Waals surface area contributed by atoms with Gasteiger partial charge in [0.05, 0.1) is 5.52 Å². The van der Waals surface area contributed by atoms with E-state index >= 15 is 0 Å². The van der Waals surface area contributed by atoms with Crippen molar-refractivity contribution in [3.8, 4) is 0 Å². The SMILES string of the molecule is CC(=O)NCCCNC(=O)CCc1cc2ccc(F)cc2[nH]c1=O. The molecule has 0 unspecified atom stereocenters. The highest BCUT2D eigenvalue weighted by Crippen LogP contribution is 2.13. The number of pyridine rings is 1. The minimum atomic E-state index is -0.412. The molecular weight excluding hydrogens is 313 g/mol. The second kappa shape index (κ2) is 8.24. The summed E-state index contributed by atoms with van der Waals surface area (Å²) in [5, 5.41) is 6.11. The lowest BCUT2D eigenvalue weighted by Crippen LogP contribution is -2.29. The highest BCUT2D eigenvalue weighted by Gasteiger charge is 2.07. The van der Waals surface area contributed by atoms with Crippen LogP contribution in [0, 0.1) is 5.82 Å². The summed E-state index contributed by atoms with van der Waals surface area (Å²) in [6.07, 6.45) is 1.14. The Balaban J connectivity index is 1.85. The predicted molar refractivity (Wildman–Crippen MR) is 89.2 cm³/mol. The molecule has 1 aromatic heterocycles. The Labute approximate surface area is 138 Å². The molecule has 2 amide bonds. The van der Waals surface area contributed by atoms with E-state index in [9.17, 15) is 18.8 Å². The van der Waals surface area contributed by atoms with Gasteiger partial charge < -0.3 is 15.6 Å². The largest absolute Gasteiger partial charge is 0.356 e. The van der Waals surface area contributed by atoms with E-state index in [1.54, 1.807) is 12.1 Å². The molecule has 2 rings (SSSR count). The number of aryl methyl sites for hydroxylation is 1. The number of fused-ring (bicyclic) bond motifs is 1. The third kappa shape index (κ3) is 5.19. The van der Waals surface area contributed by atoms with Gasteiger partial charge in [-0.25, -0.2) is 4.39 Å². The number of nitrogens with one attached hydrogen (secondary N) is 3. The van der Waals surface area contributed by atoms with Crippen LogP contribution in [0.5, 0.6) is 0 Å². The van der Waals surface area contributed by atoms with Crippen molar-refractivity contribution in [3.05, 3.63) is 46.0 Å². The number of hydrogen-bond acceptors (Lipinski definition) is 3. The minimum absolute atomic E-state index is 0.100. The summed E-state index contributed by atoms with van der Waals surface area (Å²) in [5.41, 5.74) is 0.611. The molecule has 2 aromatic rings. The lowest BCUT2D eigenvalue weighted by molar-refractivity contribution is -0.121. The van der Waals surface area contributed by atoms with Crippen LogP contribution in [0.1, 0.15) is 25.3 Å². The number of hydrogen-bond donors (Lipinski definition) is 3. The van der Waals surface area contributed by atoms with E-state index in [-0.39, 0.29) is 23.8 Å². The molecule has 128 valence electrons. The Bertz CT molecular complexity index is 801. The van der Waals surface area contributed by atoms with Gasteiger partial charge in [-0.15, -0.1) is 0 Å². The van der Waals surface area contributed by atoms with Crippen molar-refractivity contribution in [2.75, 3.05) is 13.1 Å². The number of halogens is 1. The summed E-state index contributed by atoms with van der Waals surface area (Å²) in [6.45, 7) is 2.41. The molecule has 0 radical (unpaired) electrons. The van der Waals surface area contributed by atoms with Crippen LogP contribution in [-0.2, 0) is 16.0 Å². The van der Waals surface area contributed by atoms with Gasteiger partial charge in [0.2, 0.25) is 11.8 Å². The van der Waals surface area contributed by atoms with E-state index in [4.69, 9.17) is 0 Å². The van der Waals surface area contributed by atoms with Crippen LogP contribution in [0.25, 0.3) is 10.9 Å². The van der Waals surface area contributed by atoms with Gasteiger partial charge in [-0.05, 0) is 42.5 Å². The van der Waals surface area contributed by atoms with Crippen molar-refractivity contribution in [2.45, 2.75) is 26.2 Å². The molecule has 1 heterocycles. The van der Waals surface area contributed by atoms with Crippen molar-refractivity contribution in [1.29, 1.82) is 0 Å². The number of amides is 2. The number of rotatable bonds is 7. The van der Waals surface area contributed by atoms with Crippen LogP contribution in [0.15, 0.2) is 29.1 Å². The fourth-order valence-corrected chi connectivity index (χ4v) is 2.32. The Morgan fingerprint density at radius 3 is 2.67 bits per heavy atom. The fourth-order valence-electron chi connectivity index (χ4n) is 2.32. The molecule has 6 nitrogen and oxygen atoms in total.